The molecule has 2 unspecified atom stereocenters. The van der Waals surface area contributed by atoms with Crippen LogP contribution in [0.2, 0.25) is 0 Å². The third kappa shape index (κ3) is 6.53. The van der Waals surface area contributed by atoms with Crippen LogP contribution in [-0.2, 0) is 4.74 Å². The summed E-state index contributed by atoms with van der Waals surface area (Å²) in [6, 6.07) is 4.19. The Morgan fingerprint density at radius 3 is 2.65 bits per heavy atom. The van der Waals surface area contributed by atoms with E-state index in [9.17, 15) is 9.59 Å². The highest BCUT2D eigenvalue weighted by molar-refractivity contribution is 5.75. The number of H-pyrrole nitrogens is 1. The zero-order valence-electron chi connectivity index (χ0n) is 22.8. The second-order valence-corrected chi connectivity index (χ2v) is 11.5. The van der Waals surface area contributed by atoms with Gasteiger partial charge in [0.15, 0.2) is 5.82 Å². The summed E-state index contributed by atoms with van der Waals surface area (Å²) >= 11 is 0. The summed E-state index contributed by atoms with van der Waals surface area (Å²) in [6.45, 7) is 1.11. The van der Waals surface area contributed by atoms with Crippen molar-refractivity contribution in [1.82, 2.24) is 35.7 Å². The molecule has 1 aliphatic heterocycles. The van der Waals surface area contributed by atoms with Crippen molar-refractivity contribution in [2.24, 2.45) is 10.9 Å². The molecular weight excluding hydrogens is 510 g/mol. The van der Waals surface area contributed by atoms with Crippen molar-refractivity contribution < 1.29 is 14.3 Å². The number of rotatable bonds is 8. The van der Waals surface area contributed by atoms with Crippen molar-refractivity contribution in [1.29, 1.82) is 0 Å². The highest BCUT2D eigenvalue weighted by Crippen LogP contribution is 2.34. The van der Waals surface area contributed by atoms with Gasteiger partial charge in [-0.25, -0.2) is 19.6 Å². The van der Waals surface area contributed by atoms with Crippen LogP contribution in [0.25, 0.3) is 0 Å². The molecule has 40 heavy (non-hydrogen) atoms. The van der Waals surface area contributed by atoms with Crippen LogP contribution in [0.5, 0.6) is 0 Å². The molecule has 0 radical (unpaired) electrons. The Bertz CT molecular complexity index is 1200. The Morgan fingerprint density at radius 2 is 1.85 bits per heavy atom. The third-order valence-corrected chi connectivity index (χ3v) is 8.77. The van der Waals surface area contributed by atoms with Crippen molar-refractivity contribution in [3.8, 4) is 0 Å². The molecule has 2 aromatic heterocycles. The summed E-state index contributed by atoms with van der Waals surface area (Å²) in [7, 11) is 0. The van der Waals surface area contributed by atoms with Crippen LogP contribution in [-0.4, -0.2) is 74.7 Å². The highest BCUT2D eigenvalue weighted by Gasteiger charge is 2.36. The Morgan fingerprint density at radius 1 is 1.05 bits per heavy atom. The van der Waals surface area contributed by atoms with Crippen LogP contribution in [0.4, 0.5) is 27.2 Å². The number of ether oxygens (including phenoxy) is 1. The maximum absolute atomic E-state index is 12.6. The molecule has 4 aliphatic rings. The van der Waals surface area contributed by atoms with Crippen molar-refractivity contribution in [3.63, 3.8) is 0 Å². The number of hydrogen-bond acceptors (Lipinski definition) is 8. The minimum Gasteiger partial charge on any atom is -0.448 e. The number of amides is 3. The van der Waals surface area contributed by atoms with Gasteiger partial charge >= 0.3 is 12.1 Å². The second kappa shape index (κ2) is 12.2. The fourth-order valence-corrected chi connectivity index (χ4v) is 6.56. The topological polar surface area (TPSA) is 150 Å². The van der Waals surface area contributed by atoms with E-state index in [1.807, 2.05) is 12.3 Å². The van der Waals surface area contributed by atoms with Crippen molar-refractivity contribution in [2.45, 2.75) is 94.7 Å². The first-order chi connectivity index (χ1) is 19.6. The van der Waals surface area contributed by atoms with Gasteiger partial charge in [0.25, 0.3) is 5.95 Å². The van der Waals surface area contributed by atoms with Crippen LogP contribution in [0, 0.1) is 5.92 Å². The molecule has 4 fully saturated rings. The number of carbonyl (C=O) groups excluding carboxylic acids is 2. The van der Waals surface area contributed by atoms with Gasteiger partial charge in [-0.05, 0) is 69.8 Å². The molecule has 3 heterocycles. The number of carbonyl (C=O) groups is 2. The van der Waals surface area contributed by atoms with Gasteiger partial charge in [0, 0.05) is 48.2 Å². The van der Waals surface area contributed by atoms with Crippen LogP contribution >= 0.6 is 0 Å². The molecule has 0 bridgehead atoms. The number of cyclic esters (lactones) is 1. The van der Waals surface area contributed by atoms with E-state index in [-0.39, 0.29) is 30.2 Å². The average Bonchev–Trinajstić information content (AvgIpc) is 3.77. The first kappa shape index (κ1) is 26.5. The summed E-state index contributed by atoms with van der Waals surface area (Å²) < 4.78 is 5.05. The lowest BCUT2D eigenvalue weighted by Gasteiger charge is -2.27. The summed E-state index contributed by atoms with van der Waals surface area (Å²) in [5, 5.41) is 17.1. The van der Waals surface area contributed by atoms with Crippen molar-refractivity contribution in [3.05, 3.63) is 24.0 Å². The monoisotopic (exact) mass is 549 g/mol. The van der Waals surface area contributed by atoms with Crippen LogP contribution < -0.4 is 16.0 Å². The molecule has 2 aromatic rings. The number of urea groups is 1. The van der Waals surface area contributed by atoms with Crippen LogP contribution in [0.15, 0.2) is 23.3 Å². The number of aromatic amines is 1. The zero-order chi connectivity index (χ0) is 27.3. The smallest absolute Gasteiger partial charge is 0.410 e. The van der Waals surface area contributed by atoms with Gasteiger partial charge in [-0.3, -0.25) is 5.10 Å². The molecule has 1 saturated heterocycles. The van der Waals surface area contributed by atoms with E-state index in [2.05, 4.69) is 47.2 Å². The predicted octanol–water partition coefficient (Wildman–Crippen LogP) is 4.53. The molecule has 4 N–H and O–H groups in total. The van der Waals surface area contributed by atoms with Gasteiger partial charge in [0.2, 0.25) is 0 Å². The SMILES string of the molecule is O=C(NC1CCC(/C=N\c2nccc(Nc3cc(C4CCCC4)[nH]n3)n2)CC1)NC1CCC(N2CCOC2=O)C1. The fourth-order valence-electron chi connectivity index (χ4n) is 6.56. The minimum absolute atomic E-state index is 0.0921. The molecule has 12 heteroatoms. The minimum atomic E-state index is -0.229. The highest BCUT2D eigenvalue weighted by atomic mass is 16.6. The standard InChI is InChI=1S/C28H39N9O3/c38-27(32-21-9-10-22(15-21)37-13-14-40-28(37)39)31-20-7-5-18(6-8-20)17-30-26-29-12-11-24(34-26)33-25-16-23(35-36-25)19-3-1-2-4-19/h11-12,16-22H,1-10,13-15H2,(H2,31,32,38)(H2,29,33,34,35,36)/b30-17-. The third-order valence-electron chi connectivity index (χ3n) is 8.77. The van der Waals surface area contributed by atoms with Crippen molar-refractivity contribution in [2.75, 3.05) is 18.5 Å². The van der Waals surface area contributed by atoms with E-state index in [0.29, 0.717) is 36.8 Å². The van der Waals surface area contributed by atoms with E-state index < -0.39 is 0 Å². The molecule has 3 saturated carbocycles. The van der Waals surface area contributed by atoms with Gasteiger partial charge < -0.3 is 25.6 Å². The fraction of sp³-hybridized carbons (Fsp3) is 0.643. The molecule has 3 amide bonds. The van der Waals surface area contributed by atoms with E-state index in [0.717, 1.165) is 50.8 Å². The van der Waals surface area contributed by atoms with E-state index in [4.69, 9.17) is 4.74 Å². The Labute approximate surface area is 234 Å². The largest absolute Gasteiger partial charge is 0.448 e. The Balaban J connectivity index is 0.921. The molecule has 0 spiro atoms. The molecule has 2 atom stereocenters. The van der Waals surface area contributed by atoms with Gasteiger partial charge in [-0.1, -0.05) is 12.8 Å². The lowest BCUT2D eigenvalue weighted by molar-refractivity contribution is 0.148. The van der Waals surface area contributed by atoms with E-state index in [1.165, 1.54) is 31.4 Å². The van der Waals surface area contributed by atoms with Gasteiger partial charge in [-0.15, -0.1) is 0 Å². The molecule has 3 aliphatic carbocycles. The second-order valence-electron chi connectivity index (χ2n) is 11.5. The van der Waals surface area contributed by atoms with Crippen LogP contribution in [0.1, 0.15) is 82.2 Å². The maximum Gasteiger partial charge on any atom is 0.410 e. The molecule has 12 nitrogen and oxygen atoms in total. The molecule has 6 rings (SSSR count). The van der Waals surface area contributed by atoms with Gasteiger partial charge in [-0.2, -0.15) is 10.1 Å². The van der Waals surface area contributed by atoms with E-state index in [1.54, 1.807) is 11.1 Å². The van der Waals surface area contributed by atoms with Gasteiger partial charge in [0.05, 0.1) is 6.54 Å². The summed E-state index contributed by atoms with van der Waals surface area (Å²) in [5.74, 6) is 2.76. The number of aliphatic imine (C=N–C) groups is 1. The molecular formula is C28H39N9O3. The summed E-state index contributed by atoms with van der Waals surface area (Å²) in [5.41, 5.74) is 1.19. The predicted molar refractivity (Wildman–Crippen MR) is 150 cm³/mol. The number of anilines is 2. The summed E-state index contributed by atoms with van der Waals surface area (Å²) in [6.07, 6.45) is 14.7. The first-order valence-electron chi connectivity index (χ1n) is 14.8. The zero-order valence-corrected chi connectivity index (χ0v) is 22.8. The normalized spacial score (nSPS) is 27.3. The number of nitrogens with one attached hydrogen (secondary N) is 4. The van der Waals surface area contributed by atoms with E-state index >= 15 is 0 Å². The quantitative estimate of drug-likeness (QED) is 0.353. The lowest BCUT2D eigenvalue weighted by atomic mass is 9.87. The van der Waals surface area contributed by atoms with Crippen molar-refractivity contribution >= 4 is 35.9 Å². The number of aromatic nitrogens is 4. The summed E-state index contributed by atoms with van der Waals surface area (Å²) in [4.78, 5) is 39.6. The molecule has 0 aromatic carbocycles. The maximum atomic E-state index is 12.6. The Kier molecular flexibility index (Phi) is 8.10. The lowest BCUT2D eigenvalue weighted by Crippen LogP contribution is -2.47. The van der Waals surface area contributed by atoms with Gasteiger partial charge in [0.1, 0.15) is 12.4 Å². The number of nitrogens with zero attached hydrogens (tertiary/aromatic N) is 5. The molecule has 214 valence electrons. The first-order valence-corrected chi connectivity index (χ1v) is 14.8. The van der Waals surface area contributed by atoms with Crippen LogP contribution in [0.3, 0.4) is 0 Å². The average molecular weight is 550 g/mol. The number of hydrogen-bond donors (Lipinski definition) is 4. The Hall–Kier alpha value is -3.70.